The predicted molar refractivity (Wildman–Crippen MR) is 106 cm³/mol. The number of carbonyl (C=O) groups excluding carboxylic acids is 1. The summed E-state index contributed by atoms with van der Waals surface area (Å²) in [5, 5.41) is 0. The van der Waals surface area contributed by atoms with Gasteiger partial charge in [-0.05, 0) is 42.3 Å². The minimum absolute atomic E-state index is 0.0421. The number of nitrogens with one attached hydrogen (secondary N) is 1. The van der Waals surface area contributed by atoms with Gasteiger partial charge in [-0.25, -0.2) is 13.1 Å². The molecule has 0 saturated heterocycles. The Bertz CT molecular complexity index is 1050. The fraction of sp³-hybridized carbons (Fsp3) is 0.190. The molecular weight excluding hydrogens is 376 g/mol. The maximum atomic E-state index is 12.9. The molecule has 0 fully saturated rings. The molecule has 3 rings (SSSR count). The molecule has 0 saturated carbocycles. The molecule has 0 aliphatic carbocycles. The Kier molecular flexibility index (Phi) is 5.96. The number of rotatable bonds is 7. The summed E-state index contributed by atoms with van der Waals surface area (Å²) in [7, 11) is -2.07. The van der Waals surface area contributed by atoms with Gasteiger partial charge in [-0.1, -0.05) is 36.4 Å². The molecule has 1 N–H and O–H groups in total. The van der Waals surface area contributed by atoms with Crippen molar-refractivity contribution in [2.45, 2.75) is 24.9 Å². The molecule has 28 heavy (non-hydrogen) atoms. The highest BCUT2D eigenvalue weighted by molar-refractivity contribution is 7.89. The molecule has 0 bridgehead atoms. The lowest BCUT2D eigenvalue weighted by molar-refractivity contribution is 0.0784. The fourth-order valence-corrected chi connectivity index (χ4v) is 3.82. The molecule has 7 heteroatoms. The largest absolute Gasteiger partial charge is 0.468 e. The SMILES string of the molecule is Cc1ccc(S(=O)(=O)NCc2ccco2)cc1C(=O)N(C)Cc1ccccc1. The first-order valence-electron chi connectivity index (χ1n) is 8.79. The van der Waals surface area contributed by atoms with Crippen molar-refractivity contribution in [3.8, 4) is 0 Å². The van der Waals surface area contributed by atoms with Gasteiger partial charge in [0.25, 0.3) is 5.91 Å². The van der Waals surface area contributed by atoms with Crippen LogP contribution in [0.3, 0.4) is 0 Å². The lowest BCUT2D eigenvalue weighted by Crippen LogP contribution is -2.28. The Balaban J connectivity index is 1.79. The van der Waals surface area contributed by atoms with E-state index in [4.69, 9.17) is 4.42 Å². The zero-order valence-corrected chi connectivity index (χ0v) is 16.6. The van der Waals surface area contributed by atoms with Crippen molar-refractivity contribution in [2.75, 3.05) is 7.05 Å². The number of furan rings is 1. The van der Waals surface area contributed by atoms with Crippen LogP contribution in [0.1, 0.15) is 27.2 Å². The van der Waals surface area contributed by atoms with Gasteiger partial charge in [0.1, 0.15) is 5.76 Å². The van der Waals surface area contributed by atoms with Gasteiger partial charge in [0, 0.05) is 19.2 Å². The molecule has 0 aliphatic heterocycles. The second-order valence-corrected chi connectivity index (χ2v) is 8.29. The predicted octanol–water partition coefficient (Wildman–Crippen LogP) is 3.34. The summed E-state index contributed by atoms with van der Waals surface area (Å²) < 4.78 is 32.8. The third kappa shape index (κ3) is 4.68. The minimum Gasteiger partial charge on any atom is -0.468 e. The molecular formula is C21H22N2O4S. The standard InChI is InChI=1S/C21H22N2O4S/c1-16-10-11-19(28(25,26)22-14-18-9-6-12-27-18)13-20(16)21(24)23(2)15-17-7-4-3-5-8-17/h3-13,22H,14-15H2,1-2H3. The molecule has 0 atom stereocenters. The number of nitrogens with zero attached hydrogens (tertiary/aromatic N) is 1. The van der Waals surface area contributed by atoms with Gasteiger partial charge < -0.3 is 9.32 Å². The van der Waals surface area contributed by atoms with Crippen molar-refractivity contribution in [2.24, 2.45) is 0 Å². The summed E-state index contributed by atoms with van der Waals surface area (Å²) in [5.41, 5.74) is 2.08. The highest BCUT2D eigenvalue weighted by Gasteiger charge is 2.20. The summed E-state index contributed by atoms with van der Waals surface area (Å²) in [6.07, 6.45) is 1.48. The van der Waals surface area contributed by atoms with Gasteiger partial charge >= 0.3 is 0 Å². The van der Waals surface area contributed by atoms with Gasteiger partial charge in [-0.15, -0.1) is 0 Å². The Hall–Kier alpha value is -2.90. The van der Waals surface area contributed by atoms with Crippen molar-refractivity contribution in [1.29, 1.82) is 0 Å². The van der Waals surface area contributed by atoms with Gasteiger partial charge in [0.15, 0.2) is 0 Å². The Labute approximate surface area is 164 Å². The van der Waals surface area contributed by atoms with Gasteiger partial charge in [0.2, 0.25) is 10.0 Å². The van der Waals surface area contributed by atoms with E-state index in [1.54, 1.807) is 37.1 Å². The second kappa shape index (κ2) is 8.41. The van der Waals surface area contributed by atoms with Crippen LogP contribution >= 0.6 is 0 Å². The molecule has 3 aromatic rings. The van der Waals surface area contributed by atoms with Crippen molar-refractivity contribution in [3.63, 3.8) is 0 Å². The summed E-state index contributed by atoms with van der Waals surface area (Å²) in [6, 6.07) is 17.6. The average Bonchev–Trinajstić information content (AvgIpc) is 3.20. The van der Waals surface area contributed by atoms with Crippen LogP contribution in [0, 0.1) is 6.92 Å². The maximum absolute atomic E-state index is 12.9. The topological polar surface area (TPSA) is 79.6 Å². The molecule has 1 amide bonds. The number of carbonyl (C=O) groups is 1. The lowest BCUT2D eigenvalue weighted by Gasteiger charge is -2.19. The van der Waals surface area contributed by atoms with Crippen LogP contribution in [-0.2, 0) is 23.1 Å². The van der Waals surface area contributed by atoms with E-state index in [1.165, 1.54) is 18.4 Å². The summed E-state index contributed by atoms with van der Waals surface area (Å²) in [4.78, 5) is 14.5. The Morgan fingerprint density at radius 1 is 1.07 bits per heavy atom. The van der Waals surface area contributed by atoms with Crippen LogP contribution in [0.4, 0.5) is 0 Å². The van der Waals surface area contributed by atoms with E-state index in [-0.39, 0.29) is 17.3 Å². The number of amides is 1. The normalized spacial score (nSPS) is 11.4. The number of hydrogen-bond donors (Lipinski definition) is 1. The van der Waals surface area contributed by atoms with Crippen molar-refractivity contribution in [1.82, 2.24) is 9.62 Å². The summed E-state index contributed by atoms with van der Waals surface area (Å²) >= 11 is 0. The molecule has 0 unspecified atom stereocenters. The van der Waals surface area contributed by atoms with Crippen molar-refractivity contribution in [3.05, 3.63) is 89.4 Å². The molecule has 1 aromatic heterocycles. The summed E-state index contributed by atoms with van der Waals surface area (Å²) in [5.74, 6) is 0.277. The monoisotopic (exact) mass is 398 g/mol. The van der Waals surface area contributed by atoms with Crippen LogP contribution < -0.4 is 4.72 Å². The molecule has 146 valence electrons. The highest BCUT2D eigenvalue weighted by Crippen LogP contribution is 2.18. The quantitative estimate of drug-likeness (QED) is 0.662. The molecule has 1 heterocycles. The van der Waals surface area contributed by atoms with Crippen LogP contribution in [-0.4, -0.2) is 26.3 Å². The van der Waals surface area contributed by atoms with Crippen LogP contribution in [0.15, 0.2) is 76.2 Å². The molecule has 0 radical (unpaired) electrons. The fourth-order valence-electron chi connectivity index (χ4n) is 2.80. The zero-order valence-electron chi connectivity index (χ0n) is 15.8. The van der Waals surface area contributed by atoms with E-state index in [2.05, 4.69) is 4.72 Å². The minimum atomic E-state index is -3.77. The van der Waals surface area contributed by atoms with E-state index in [0.717, 1.165) is 11.1 Å². The van der Waals surface area contributed by atoms with Crippen LogP contribution in [0.5, 0.6) is 0 Å². The Morgan fingerprint density at radius 2 is 1.82 bits per heavy atom. The van der Waals surface area contributed by atoms with Gasteiger partial charge in [-0.2, -0.15) is 0 Å². The van der Waals surface area contributed by atoms with E-state index in [0.29, 0.717) is 17.9 Å². The van der Waals surface area contributed by atoms with E-state index in [1.807, 2.05) is 30.3 Å². The Morgan fingerprint density at radius 3 is 2.50 bits per heavy atom. The van der Waals surface area contributed by atoms with Crippen molar-refractivity contribution >= 4 is 15.9 Å². The molecule has 6 nitrogen and oxygen atoms in total. The molecule has 2 aromatic carbocycles. The number of benzene rings is 2. The van der Waals surface area contributed by atoms with Gasteiger partial charge in [-0.3, -0.25) is 4.79 Å². The first kappa shape index (κ1) is 19.9. The van der Waals surface area contributed by atoms with E-state index < -0.39 is 10.0 Å². The zero-order chi connectivity index (χ0) is 20.1. The lowest BCUT2D eigenvalue weighted by atomic mass is 10.1. The van der Waals surface area contributed by atoms with Crippen LogP contribution in [0.25, 0.3) is 0 Å². The number of aryl methyl sites for hydroxylation is 1. The second-order valence-electron chi connectivity index (χ2n) is 6.53. The molecule has 0 aliphatic rings. The highest BCUT2D eigenvalue weighted by atomic mass is 32.2. The average molecular weight is 398 g/mol. The third-order valence-electron chi connectivity index (χ3n) is 4.38. The number of hydrogen-bond acceptors (Lipinski definition) is 4. The smallest absolute Gasteiger partial charge is 0.254 e. The maximum Gasteiger partial charge on any atom is 0.254 e. The van der Waals surface area contributed by atoms with Gasteiger partial charge in [0.05, 0.1) is 17.7 Å². The van der Waals surface area contributed by atoms with Crippen LogP contribution in [0.2, 0.25) is 0 Å². The van der Waals surface area contributed by atoms with E-state index >= 15 is 0 Å². The number of sulfonamides is 1. The third-order valence-corrected chi connectivity index (χ3v) is 5.77. The van der Waals surface area contributed by atoms with E-state index in [9.17, 15) is 13.2 Å². The summed E-state index contributed by atoms with van der Waals surface area (Å²) in [6.45, 7) is 2.27. The first-order valence-corrected chi connectivity index (χ1v) is 10.3. The molecule has 0 spiro atoms. The first-order chi connectivity index (χ1) is 13.4. The van der Waals surface area contributed by atoms with Crippen molar-refractivity contribution < 1.29 is 17.6 Å².